The number of hydrogen-bond acceptors (Lipinski definition) is 4. The molecule has 0 spiro atoms. The van der Waals surface area contributed by atoms with Gasteiger partial charge in [-0.3, -0.25) is 4.79 Å². The van der Waals surface area contributed by atoms with E-state index in [-0.39, 0.29) is 17.4 Å². The fraction of sp³-hybridized carbons (Fsp3) is 0.417. The van der Waals surface area contributed by atoms with E-state index in [1.165, 1.54) is 0 Å². The first-order chi connectivity index (χ1) is 8.34. The molecule has 1 heterocycles. The van der Waals surface area contributed by atoms with Crippen molar-refractivity contribution >= 4 is 21.5 Å². The number of carboxylic acids is 1. The maximum absolute atomic E-state index is 12.2. The van der Waals surface area contributed by atoms with Crippen LogP contribution in [-0.4, -0.2) is 31.3 Å². The van der Waals surface area contributed by atoms with Gasteiger partial charge in [0.15, 0.2) is 15.1 Å². The van der Waals surface area contributed by atoms with Crippen molar-refractivity contribution in [3.8, 4) is 0 Å². The lowest BCUT2D eigenvalue weighted by Crippen LogP contribution is -2.40. The van der Waals surface area contributed by atoms with E-state index in [1.807, 2.05) is 19.9 Å². The molecule has 1 unspecified atom stereocenters. The van der Waals surface area contributed by atoms with Crippen LogP contribution in [0.5, 0.6) is 0 Å². The van der Waals surface area contributed by atoms with Crippen LogP contribution in [0.3, 0.4) is 0 Å². The maximum atomic E-state index is 12.2. The van der Waals surface area contributed by atoms with Gasteiger partial charge >= 0.3 is 5.97 Å². The number of rotatable bonds is 2. The summed E-state index contributed by atoms with van der Waals surface area (Å²) in [7, 11) is -3.80. The van der Waals surface area contributed by atoms with E-state index in [2.05, 4.69) is 5.32 Å². The topological polar surface area (TPSA) is 83.5 Å². The summed E-state index contributed by atoms with van der Waals surface area (Å²) in [5.41, 5.74) is 1.36. The van der Waals surface area contributed by atoms with Gasteiger partial charge < -0.3 is 10.4 Å². The van der Waals surface area contributed by atoms with Crippen molar-refractivity contribution in [2.24, 2.45) is 0 Å². The molecular weight excluding hydrogens is 254 g/mol. The predicted octanol–water partition coefficient (Wildman–Crippen LogP) is 1.46. The number of anilines is 1. The van der Waals surface area contributed by atoms with Gasteiger partial charge in [0.25, 0.3) is 0 Å². The highest BCUT2D eigenvalue weighted by Crippen LogP contribution is 2.32. The minimum atomic E-state index is -3.80. The van der Waals surface area contributed by atoms with Crippen LogP contribution in [0, 0.1) is 0 Å². The number of nitrogens with one attached hydrogen (secondary N) is 1. The second kappa shape index (κ2) is 4.28. The number of fused-ring (bicyclic) bond motifs is 1. The highest BCUT2D eigenvalue weighted by Gasteiger charge is 2.39. The molecule has 1 aromatic carbocycles. The number of benzene rings is 1. The van der Waals surface area contributed by atoms with Crippen LogP contribution in [0.2, 0.25) is 0 Å². The minimum Gasteiger partial charge on any atom is -0.480 e. The number of hydrogen-bond donors (Lipinski definition) is 2. The summed E-state index contributed by atoms with van der Waals surface area (Å²) in [6, 6.07) is 5.12. The van der Waals surface area contributed by atoms with Crippen molar-refractivity contribution in [2.45, 2.75) is 29.9 Å². The van der Waals surface area contributed by atoms with Crippen molar-refractivity contribution in [3.63, 3.8) is 0 Å². The Morgan fingerprint density at radius 3 is 2.67 bits per heavy atom. The first-order valence-electron chi connectivity index (χ1n) is 5.68. The molecule has 1 aliphatic heterocycles. The van der Waals surface area contributed by atoms with E-state index in [0.717, 1.165) is 5.56 Å². The SMILES string of the molecule is CC(C)c1ccc2c(c1)S(=O)(=O)C(C(=O)O)CN2. The van der Waals surface area contributed by atoms with Gasteiger partial charge in [-0.25, -0.2) is 8.42 Å². The molecule has 18 heavy (non-hydrogen) atoms. The monoisotopic (exact) mass is 269 g/mol. The zero-order valence-corrected chi connectivity index (χ0v) is 11.0. The van der Waals surface area contributed by atoms with Crippen LogP contribution >= 0.6 is 0 Å². The lowest BCUT2D eigenvalue weighted by Gasteiger charge is -2.24. The van der Waals surface area contributed by atoms with Crippen LogP contribution in [0.1, 0.15) is 25.3 Å². The van der Waals surface area contributed by atoms with E-state index in [0.29, 0.717) is 5.69 Å². The lowest BCUT2D eigenvalue weighted by molar-refractivity contribution is -0.136. The molecule has 0 amide bonds. The average Bonchev–Trinajstić information content (AvgIpc) is 2.27. The molecule has 1 aliphatic rings. The summed E-state index contributed by atoms with van der Waals surface area (Å²) in [4.78, 5) is 11.1. The van der Waals surface area contributed by atoms with Gasteiger partial charge in [-0.15, -0.1) is 0 Å². The zero-order chi connectivity index (χ0) is 13.5. The Bertz CT molecular complexity index is 592. The first kappa shape index (κ1) is 12.9. The van der Waals surface area contributed by atoms with Crippen molar-refractivity contribution < 1.29 is 18.3 Å². The third-order valence-corrected chi connectivity index (χ3v) is 5.18. The average molecular weight is 269 g/mol. The highest BCUT2D eigenvalue weighted by molar-refractivity contribution is 7.93. The van der Waals surface area contributed by atoms with Crippen LogP contribution < -0.4 is 5.32 Å². The molecule has 98 valence electrons. The summed E-state index contributed by atoms with van der Waals surface area (Å²) in [5.74, 6) is -1.13. The zero-order valence-electron chi connectivity index (χ0n) is 10.2. The van der Waals surface area contributed by atoms with E-state index < -0.39 is 21.1 Å². The van der Waals surface area contributed by atoms with Gasteiger partial charge in [0.2, 0.25) is 0 Å². The molecule has 1 aromatic rings. The molecule has 0 bridgehead atoms. The Hall–Kier alpha value is -1.56. The van der Waals surface area contributed by atoms with E-state index >= 15 is 0 Å². The van der Waals surface area contributed by atoms with E-state index in [1.54, 1.807) is 12.1 Å². The molecule has 0 saturated heterocycles. The Kier molecular flexibility index (Phi) is 3.06. The Morgan fingerprint density at radius 1 is 1.44 bits per heavy atom. The first-order valence-corrected chi connectivity index (χ1v) is 7.23. The van der Waals surface area contributed by atoms with Gasteiger partial charge in [0, 0.05) is 6.54 Å². The number of aliphatic carboxylic acids is 1. The third kappa shape index (κ3) is 1.96. The van der Waals surface area contributed by atoms with Crippen LogP contribution in [0.15, 0.2) is 23.1 Å². The highest BCUT2D eigenvalue weighted by atomic mass is 32.2. The maximum Gasteiger partial charge on any atom is 0.324 e. The second-order valence-corrected chi connectivity index (χ2v) is 6.76. The van der Waals surface area contributed by atoms with Crippen molar-refractivity contribution in [2.75, 3.05) is 11.9 Å². The number of carbonyl (C=O) groups is 1. The Labute approximate surface area is 106 Å². The van der Waals surface area contributed by atoms with Gasteiger partial charge in [-0.1, -0.05) is 19.9 Å². The fourth-order valence-electron chi connectivity index (χ4n) is 1.97. The van der Waals surface area contributed by atoms with Crippen molar-refractivity contribution in [3.05, 3.63) is 23.8 Å². The standard InChI is InChI=1S/C12H15NO4S/c1-7(2)8-3-4-9-10(5-8)18(16,17)11(6-13-9)12(14)15/h3-5,7,11,13H,6H2,1-2H3,(H,14,15). The predicted molar refractivity (Wildman–Crippen MR) is 67.6 cm³/mol. The summed E-state index contributed by atoms with van der Waals surface area (Å²) in [5, 5.41) is 10.4. The summed E-state index contributed by atoms with van der Waals surface area (Å²) in [6.07, 6.45) is 0. The largest absolute Gasteiger partial charge is 0.480 e. The summed E-state index contributed by atoms with van der Waals surface area (Å²) < 4.78 is 24.4. The van der Waals surface area contributed by atoms with Crippen molar-refractivity contribution in [1.82, 2.24) is 0 Å². The van der Waals surface area contributed by atoms with E-state index in [4.69, 9.17) is 5.11 Å². The molecule has 0 saturated carbocycles. The molecule has 0 aliphatic carbocycles. The third-order valence-electron chi connectivity index (χ3n) is 3.11. The van der Waals surface area contributed by atoms with Crippen LogP contribution in [0.25, 0.3) is 0 Å². The molecule has 6 heteroatoms. The Balaban J connectivity index is 2.59. The molecular formula is C12H15NO4S. The van der Waals surface area contributed by atoms with E-state index in [9.17, 15) is 13.2 Å². The lowest BCUT2D eigenvalue weighted by atomic mass is 10.0. The van der Waals surface area contributed by atoms with Gasteiger partial charge in [-0.2, -0.15) is 0 Å². The van der Waals surface area contributed by atoms with Crippen LogP contribution in [0.4, 0.5) is 5.69 Å². The number of carboxylic acid groups (broad SMARTS) is 1. The summed E-state index contributed by atoms with van der Waals surface area (Å²) >= 11 is 0. The van der Waals surface area contributed by atoms with Gasteiger partial charge in [0.05, 0.1) is 10.6 Å². The quantitative estimate of drug-likeness (QED) is 0.849. The molecule has 1 atom stereocenters. The fourth-order valence-corrected chi connectivity index (χ4v) is 3.59. The summed E-state index contributed by atoms with van der Waals surface area (Å²) in [6.45, 7) is 3.82. The second-order valence-electron chi connectivity index (χ2n) is 4.66. The van der Waals surface area contributed by atoms with Crippen molar-refractivity contribution in [1.29, 1.82) is 0 Å². The van der Waals surface area contributed by atoms with Crippen LogP contribution in [-0.2, 0) is 14.6 Å². The smallest absolute Gasteiger partial charge is 0.324 e. The number of sulfone groups is 1. The minimum absolute atomic E-state index is 0.0901. The molecule has 5 nitrogen and oxygen atoms in total. The Morgan fingerprint density at radius 2 is 2.11 bits per heavy atom. The molecule has 0 aromatic heterocycles. The molecule has 2 rings (SSSR count). The molecule has 2 N–H and O–H groups in total. The van der Waals surface area contributed by atoms with Gasteiger partial charge in [0.1, 0.15) is 0 Å². The molecule has 0 radical (unpaired) electrons. The normalized spacial score (nSPS) is 21.2. The molecule has 0 fully saturated rings. The van der Waals surface area contributed by atoms with Gasteiger partial charge in [-0.05, 0) is 23.6 Å².